The molecule has 29 heavy (non-hydrogen) atoms. The summed E-state index contributed by atoms with van der Waals surface area (Å²) >= 11 is 1.33. The molecule has 0 aliphatic rings. The SMILES string of the molecule is COC(=O)CNC(=O)CSc1ncc(-c2ccccc2)n1-c1c(C)cccc1C. The van der Waals surface area contributed by atoms with Gasteiger partial charge in [-0.3, -0.25) is 14.2 Å². The highest BCUT2D eigenvalue weighted by Gasteiger charge is 2.18. The molecule has 1 heterocycles. The molecule has 1 aromatic heterocycles. The summed E-state index contributed by atoms with van der Waals surface area (Å²) in [5, 5.41) is 3.27. The number of imidazole rings is 1. The van der Waals surface area contributed by atoms with E-state index >= 15 is 0 Å². The number of para-hydroxylation sites is 1. The van der Waals surface area contributed by atoms with E-state index in [1.807, 2.05) is 42.6 Å². The minimum absolute atomic E-state index is 0.142. The molecule has 2 aromatic carbocycles. The summed E-state index contributed by atoms with van der Waals surface area (Å²) in [6.45, 7) is 3.99. The first-order valence-electron chi connectivity index (χ1n) is 9.17. The van der Waals surface area contributed by atoms with Gasteiger partial charge in [0.1, 0.15) is 6.54 Å². The van der Waals surface area contributed by atoms with E-state index in [0.29, 0.717) is 0 Å². The van der Waals surface area contributed by atoms with Crippen molar-refractivity contribution in [2.24, 2.45) is 0 Å². The van der Waals surface area contributed by atoms with Crippen molar-refractivity contribution in [1.29, 1.82) is 0 Å². The van der Waals surface area contributed by atoms with Crippen LogP contribution in [0.4, 0.5) is 0 Å². The highest BCUT2D eigenvalue weighted by Crippen LogP contribution is 2.32. The first-order chi connectivity index (χ1) is 14.0. The van der Waals surface area contributed by atoms with E-state index in [1.165, 1.54) is 18.9 Å². The number of thioether (sulfide) groups is 1. The molecule has 0 fully saturated rings. The van der Waals surface area contributed by atoms with Crippen LogP contribution >= 0.6 is 11.8 Å². The number of nitrogens with one attached hydrogen (secondary N) is 1. The van der Waals surface area contributed by atoms with E-state index in [-0.39, 0.29) is 18.2 Å². The van der Waals surface area contributed by atoms with E-state index in [1.54, 1.807) is 0 Å². The second-order valence-corrected chi connectivity index (χ2v) is 7.45. The first-order valence-corrected chi connectivity index (χ1v) is 10.2. The smallest absolute Gasteiger partial charge is 0.325 e. The third-order valence-electron chi connectivity index (χ3n) is 4.45. The molecule has 0 aliphatic heterocycles. The number of benzene rings is 2. The summed E-state index contributed by atoms with van der Waals surface area (Å²) in [5.74, 6) is -0.586. The van der Waals surface area contributed by atoms with Crippen LogP contribution < -0.4 is 5.32 Å². The van der Waals surface area contributed by atoms with Crippen molar-refractivity contribution < 1.29 is 14.3 Å². The third kappa shape index (κ3) is 4.86. The van der Waals surface area contributed by atoms with Gasteiger partial charge in [-0.15, -0.1) is 0 Å². The Morgan fingerprint density at radius 2 is 1.76 bits per heavy atom. The number of hydrogen-bond donors (Lipinski definition) is 1. The Morgan fingerprint density at radius 1 is 1.07 bits per heavy atom. The number of aryl methyl sites for hydroxylation is 2. The van der Waals surface area contributed by atoms with Gasteiger partial charge >= 0.3 is 5.97 Å². The second-order valence-electron chi connectivity index (χ2n) is 6.51. The summed E-state index contributed by atoms with van der Waals surface area (Å²) in [6.07, 6.45) is 1.83. The molecular formula is C22H23N3O3S. The highest BCUT2D eigenvalue weighted by molar-refractivity contribution is 7.99. The number of nitrogens with zero attached hydrogens (tertiary/aromatic N) is 2. The number of carbonyl (C=O) groups is 2. The Bertz CT molecular complexity index is 995. The van der Waals surface area contributed by atoms with Crippen molar-refractivity contribution in [3.8, 4) is 16.9 Å². The Kier molecular flexibility index (Phi) is 6.72. The maximum atomic E-state index is 12.1. The third-order valence-corrected chi connectivity index (χ3v) is 5.40. The molecule has 6 nitrogen and oxygen atoms in total. The van der Waals surface area contributed by atoms with Gasteiger partial charge in [0.2, 0.25) is 5.91 Å². The topological polar surface area (TPSA) is 73.2 Å². The van der Waals surface area contributed by atoms with E-state index in [2.05, 4.69) is 45.6 Å². The van der Waals surface area contributed by atoms with E-state index < -0.39 is 5.97 Å². The van der Waals surface area contributed by atoms with Crippen molar-refractivity contribution in [1.82, 2.24) is 14.9 Å². The van der Waals surface area contributed by atoms with E-state index in [4.69, 9.17) is 0 Å². The number of hydrogen-bond acceptors (Lipinski definition) is 5. The van der Waals surface area contributed by atoms with Crippen LogP contribution in [-0.4, -0.2) is 40.8 Å². The molecule has 0 radical (unpaired) electrons. The zero-order valence-electron chi connectivity index (χ0n) is 16.6. The van der Waals surface area contributed by atoms with E-state index in [0.717, 1.165) is 33.2 Å². The standard InChI is InChI=1S/C22H23N3O3S/c1-15-8-7-9-16(2)21(15)25-18(17-10-5-4-6-11-17)12-24-22(25)29-14-19(26)23-13-20(27)28-3/h4-12H,13-14H2,1-3H3,(H,23,26). The average molecular weight is 410 g/mol. The predicted octanol–water partition coefficient (Wildman–Crippen LogP) is 3.54. The maximum absolute atomic E-state index is 12.1. The number of amides is 1. The van der Waals surface area contributed by atoms with Gasteiger partial charge in [0, 0.05) is 5.56 Å². The van der Waals surface area contributed by atoms with Crippen LogP contribution in [0.15, 0.2) is 59.9 Å². The van der Waals surface area contributed by atoms with Crippen LogP contribution in [0.25, 0.3) is 16.9 Å². The molecule has 0 atom stereocenters. The lowest BCUT2D eigenvalue weighted by Gasteiger charge is -2.17. The molecule has 3 rings (SSSR count). The number of rotatable bonds is 7. The van der Waals surface area contributed by atoms with Crippen molar-refractivity contribution in [2.45, 2.75) is 19.0 Å². The summed E-state index contributed by atoms with van der Waals surface area (Å²) in [6, 6.07) is 16.2. The Balaban J connectivity index is 1.93. The van der Waals surface area contributed by atoms with Crippen LogP contribution in [0.1, 0.15) is 11.1 Å². The van der Waals surface area contributed by atoms with Gasteiger partial charge in [0.25, 0.3) is 0 Å². The number of ether oxygens (including phenoxy) is 1. The lowest BCUT2D eigenvalue weighted by atomic mass is 10.1. The second kappa shape index (κ2) is 9.43. The zero-order chi connectivity index (χ0) is 20.8. The zero-order valence-corrected chi connectivity index (χ0v) is 17.5. The molecule has 150 valence electrons. The van der Waals surface area contributed by atoms with Gasteiger partial charge in [0.05, 0.1) is 30.4 Å². The van der Waals surface area contributed by atoms with Crippen molar-refractivity contribution in [3.63, 3.8) is 0 Å². The Labute approximate surface area is 174 Å². The molecule has 1 amide bonds. The normalized spacial score (nSPS) is 10.6. The number of methoxy groups -OCH3 is 1. The quantitative estimate of drug-likeness (QED) is 0.477. The summed E-state index contributed by atoms with van der Waals surface area (Å²) < 4.78 is 6.64. The van der Waals surface area contributed by atoms with Gasteiger partial charge in [-0.05, 0) is 25.0 Å². The Morgan fingerprint density at radius 3 is 2.41 bits per heavy atom. The molecule has 7 heteroatoms. The Hall–Kier alpha value is -3.06. The fourth-order valence-electron chi connectivity index (χ4n) is 3.05. The largest absolute Gasteiger partial charge is 0.468 e. The van der Waals surface area contributed by atoms with Crippen molar-refractivity contribution in [2.75, 3.05) is 19.4 Å². The van der Waals surface area contributed by atoms with Crippen molar-refractivity contribution in [3.05, 3.63) is 65.9 Å². The monoisotopic (exact) mass is 409 g/mol. The highest BCUT2D eigenvalue weighted by atomic mass is 32.2. The lowest BCUT2D eigenvalue weighted by molar-refractivity contribution is -0.140. The van der Waals surface area contributed by atoms with Crippen LogP contribution in [-0.2, 0) is 14.3 Å². The van der Waals surface area contributed by atoms with Crippen LogP contribution in [0.2, 0.25) is 0 Å². The van der Waals surface area contributed by atoms with Crippen LogP contribution in [0.3, 0.4) is 0 Å². The van der Waals surface area contributed by atoms with E-state index in [9.17, 15) is 9.59 Å². The number of esters is 1. The molecule has 0 spiro atoms. The molecule has 0 unspecified atom stereocenters. The lowest BCUT2D eigenvalue weighted by Crippen LogP contribution is -2.31. The van der Waals surface area contributed by atoms with Gasteiger partial charge in [-0.25, -0.2) is 4.98 Å². The van der Waals surface area contributed by atoms with Gasteiger partial charge in [0.15, 0.2) is 5.16 Å². The molecular weight excluding hydrogens is 386 g/mol. The summed E-state index contributed by atoms with van der Waals surface area (Å²) in [7, 11) is 1.29. The minimum Gasteiger partial charge on any atom is -0.468 e. The molecule has 0 bridgehead atoms. The maximum Gasteiger partial charge on any atom is 0.325 e. The molecule has 0 saturated heterocycles. The minimum atomic E-state index is -0.480. The van der Waals surface area contributed by atoms with Crippen LogP contribution in [0, 0.1) is 13.8 Å². The average Bonchev–Trinajstić information content (AvgIpc) is 3.14. The molecule has 3 aromatic rings. The molecule has 1 N–H and O–H groups in total. The number of aromatic nitrogens is 2. The number of carbonyl (C=O) groups excluding carboxylic acids is 2. The molecule has 0 saturated carbocycles. The van der Waals surface area contributed by atoms with Gasteiger partial charge in [-0.1, -0.05) is 60.3 Å². The van der Waals surface area contributed by atoms with Crippen molar-refractivity contribution >= 4 is 23.6 Å². The fourth-order valence-corrected chi connectivity index (χ4v) is 3.86. The summed E-state index contributed by atoms with van der Waals surface area (Å²) in [4.78, 5) is 27.9. The van der Waals surface area contributed by atoms with Gasteiger partial charge < -0.3 is 10.1 Å². The predicted molar refractivity (Wildman–Crippen MR) is 114 cm³/mol. The van der Waals surface area contributed by atoms with Gasteiger partial charge in [-0.2, -0.15) is 0 Å². The fraction of sp³-hybridized carbons (Fsp3) is 0.227. The first kappa shape index (κ1) is 20.7. The molecule has 0 aliphatic carbocycles. The van der Waals surface area contributed by atoms with Crippen LogP contribution in [0.5, 0.6) is 0 Å². The summed E-state index contributed by atoms with van der Waals surface area (Å²) in [5.41, 5.74) is 5.31.